The lowest BCUT2D eigenvalue weighted by Gasteiger charge is -2.15. The first kappa shape index (κ1) is 20.6. The molecule has 2 amide bonds. The Morgan fingerprint density at radius 2 is 1.87 bits per heavy atom. The molecule has 4 rings (SSSR count). The van der Waals surface area contributed by atoms with Crippen LogP contribution in [0.3, 0.4) is 0 Å². The SMILES string of the molecule is COc1cc(OC)c(NC(=O)NCc2c(-n3cccc3)sc3c2CCCC3)cc1Cl. The molecule has 2 aromatic heterocycles. The molecule has 0 fully saturated rings. The van der Waals surface area contributed by atoms with Crippen molar-refractivity contribution in [3.63, 3.8) is 0 Å². The van der Waals surface area contributed by atoms with E-state index in [0.29, 0.717) is 28.8 Å². The number of carbonyl (C=O) groups is 1. The topological polar surface area (TPSA) is 64.5 Å². The quantitative estimate of drug-likeness (QED) is 0.533. The molecule has 6 nitrogen and oxygen atoms in total. The van der Waals surface area contributed by atoms with E-state index in [4.69, 9.17) is 21.1 Å². The van der Waals surface area contributed by atoms with E-state index in [2.05, 4.69) is 15.2 Å². The Morgan fingerprint density at radius 1 is 1.13 bits per heavy atom. The van der Waals surface area contributed by atoms with E-state index in [0.717, 1.165) is 12.8 Å². The van der Waals surface area contributed by atoms with Crippen LogP contribution in [-0.4, -0.2) is 24.8 Å². The maximum Gasteiger partial charge on any atom is 0.319 e. The van der Waals surface area contributed by atoms with Crippen LogP contribution in [0.5, 0.6) is 11.5 Å². The molecule has 0 radical (unpaired) electrons. The normalized spacial score (nSPS) is 12.9. The number of carbonyl (C=O) groups excluding carboxylic acids is 1. The standard InChI is InChI=1S/C22H24ClN3O3S/c1-28-18-12-19(29-2)17(11-16(18)23)25-22(27)24-13-15-14-7-3-4-8-20(14)30-21(15)26-9-5-6-10-26/h5-6,9-12H,3-4,7-8,13H2,1-2H3,(H2,24,25,27). The van der Waals surface area contributed by atoms with Crippen LogP contribution in [0.25, 0.3) is 5.00 Å². The van der Waals surface area contributed by atoms with Gasteiger partial charge < -0.3 is 24.7 Å². The molecule has 0 aliphatic heterocycles. The number of nitrogens with zero attached hydrogens (tertiary/aromatic N) is 1. The molecule has 0 saturated carbocycles. The number of ether oxygens (including phenoxy) is 2. The second-order valence-electron chi connectivity index (χ2n) is 7.08. The minimum absolute atomic E-state index is 0.316. The molecule has 0 spiro atoms. The highest BCUT2D eigenvalue weighted by Gasteiger charge is 2.22. The van der Waals surface area contributed by atoms with E-state index < -0.39 is 0 Å². The fraction of sp³-hybridized carbons (Fsp3) is 0.318. The van der Waals surface area contributed by atoms with Gasteiger partial charge in [-0.15, -0.1) is 11.3 Å². The summed E-state index contributed by atoms with van der Waals surface area (Å²) >= 11 is 8.03. The third kappa shape index (κ3) is 4.13. The summed E-state index contributed by atoms with van der Waals surface area (Å²) in [6, 6.07) is 6.99. The Kier molecular flexibility index (Phi) is 6.20. The average Bonchev–Trinajstić information content (AvgIpc) is 3.40. The summed E-state index contributed by atoms with van der Waals surface area (Å²) < 4.78 is 12.7. The first-order valence-electron chi connectivity index (χ1n) is 9.84. The molecule has 1 aliphatic carbocycles. The summed E-state index contributed by atoms with van der Waals surface area (Å²) in [5.74, 6) is 0.966. The Labute approximate surface area is 184 Å². The molecular weight excluding hydrogens is 422 g/mol. The molecule has 158 valence electrons. The van der Waals surface area contributed by atoms with Crippen LogP contribution >= 0.6 is 22.9 Å². The monoisotopic (exact) mass is 445 g/mol. The number of benzene rings is 1. The van der Waals surface area contributed by atoms with Crippen molar-refractivity contribution in [3.05, 3.63) is 57.7 Å². The van der Waals surface area contributed by atoms with Gasteiger partial charge in [-0.25, -0.2) is 4.79 Å². The minimum Gasteiger partial charge on any atom is -0.495 e. The van der Waals surface area contributed by atoms with Gasteiger partial charge in [0.2, 0.25) is 0 Å². The van der Waals surface area contributed by atoms with Crippen molar-refractivity contribution in [3.8, 4) is 16.5 Å². The number of methoxy groups -OCH3 is 2. The number of aromatic nitrogens is 1. The lowest BCUT2D eigenvalue weighted by atomic mass is 9.95. The summed E-state index contributed by atoms with van der Waals surface area (Å²) in [4.78, 5) is 14.1. The van der Waals surface area contributed by atoms with Gasteiger partial charge in [0.1, 0.15) is 16.5 Å². The van der Waals surface area contributed by atoms with Crippen LogP contribution in [0.2, 0.25) is 5.02 Å². The lowest BCUT2D eigenvalue weighted by Crippen LogP contribution is -2.29. The molecule has 1 aromatic carbocycles. The third-order valence-electron chi connectivity index (χ3n) is 5.25. The second kappa shape index (κ2) is 9.02. The van der Waals surface area contributed by atoms with Crippen molar-refractivity contribution in [1.29, 1.82) is 0 Å². The van der Waals surface area contributed by atoms with Crippen molar-refractivity contribution >= 4 is 34.7 Å². The fourth-order valence-electron chi connectivity index (χ4n) is 3.77. The highest BCUT2D eigenvalue weighted by atomic mass is 35.5. The number of rotatable bonds is 6. The van der Waals surface area contributed by atoms with E-state index in [1.54, 1.807) is 12.1 Å². The predicted octanol–water partition coefficient (Wildman–Crippen LogP) is 5.41. The van der Waals surface area contributed by atoms with Crippen molar-refractivity contribution in [2.45, 2.75) is 32.2 Å². The smallest absolute Gasteiger partial charge is 0.319 e. The number of hydrogen-bond acceptors (Lipinski definition) is 4. The zero-order chi connectivity index (χ0) is 21.1. The van der Waals surface area contributed by atoms with Crippen LogP contribution in [0.15, 0.2) is 36.7 Å². The number of fused-ring (bicyclic) bond motifs is 1. The summed E-state index contributed by atoms with van der Waals surface area (Å²) in [6.07, 6.45) is 8.69. The highest BCUT2D eigenvalue weighted by Crippen LogP contribution is 2.37. The zero-order valence-corrected chi connectivity index (χ0v) is 18.5. The van der Waals surface area contributed by atoms with Gasteiger partial charge in [-0.1, -0.05) is 11.6 Å². The maximum atomic E-state index is 12.7. The molecule has 8 heteroatoms. The van der Waals surface area contributed by atoms with Gasteiger partial charge in [0.05, 0.1) is 24.9 Å². The molecule has 1 aliphatic rings. The van der Waals surface area contributed by atoms with Gasteiger partial charge in [-0.2, -0.15) is 0 Å². The van der Waals surface area contributed by atoms with Gasteiger partial charge in [0.15, 0.2) is 0 Å². The molecule has 3 aromatic rings. The molecule has 0 bridgehead atoms. The first-order chi connectivity index (χ1) is 14.6. The molecule has 30 heavy (non-hydrogen) atoms. The number of nitrogens with one attached hydrogen (secondary N) is 2. The van der Waals surface area contributed by atoms with Gasteiger partial charge in [-0.3, -0.25) is 0 Å². The van der Waals surface area contributed by atoms with Gasteiger partial charge in [0.25, 0.3) is 0 Å². The maximum absolute atomic E-state index is 12.7. The lowest BCUT2D eigenvalue weighted by molar-refractivity contribution is 0.251. The third-order valence-corrected chi connectivity index (χ3v) is 6.89. The highest BCUT2D eigenvalue weighted by molar-refractivity contribution is 7.14. The number of amides is 2. The van der Waals surface area contributed by atoms with Gasteiger partial charge in [0, 0.05) is 35.4 Å². The zero-order valence-electron chi connectivity index (χ0n) is 17.0. The Bertz CT molecular complexity index is 1050. The van der Waals surface area contributed by atoms with Crippen LogP contribution in [0.1, 0.15) is 28.8 Å². The molecule has 0 unspecified atom stereocenters. The van der Waals surface area contributed by atoms with Gasteiger partial charge in [-0.05, 0) is 49.4 Å². The Morgan fingerprint density at radius 3 is 2.60 bits per heavy atom. The number of hydrogen-bond donors (Lipinski definition) is 2. The number of urea groups is 1. The van der Waals surface area contributed by atoms with E-state index >= 15 is 0 Å². The van der Waals surface area contributed by atoms with Crippen LogP contribution in [0.4, 0.5) is 10.5 Å². The summed E-state index contributed by atoms with van der Waals surface area (Å²) in [7, 11) is 3.07. The van der Waals surface area contributed by atoms with Crippen molar-refractivity contribution in [2.24, 2.45) is 0 Å². The number of anilines is 1. The van der Waals surface area contributed by atoms with E-state index in [1.807, 2.05) is 35.9 Å². The number of aryl methyl sites for hydroxylation is 1. The molecule has 2 heterocycles. The van der Waals surface area contributed by atoms with Gasteiger partial charge >= 0.3 is 6.03 Å². The Hall–Kier alpha value is -2.64. The second-order valence-corrected chi connectivity index (χ2v) is 8.57. The van der Waals surface area contributed by atoms with E-state index in [9.17, 15) is 4.79 Å². The minimum atomic E-state index is -0.316. The first-order valence-corrected chi connectivity index (χ1v) is 11.0. The summed E-state index contributed by atoms with van der Waals surface area (Å²) in [5, 5.41) is 7.41. The van der Waals surface area contributed by atoms with Crippen molar-refractivity contribution < 1.29 is 14.3 Å². The molecular formula is C22H24ClN3O3S. The van der Waals surface area contributed by atoms with Crippen LogP contribution < -0.4 is 20.1 Å². The molecule has 0 saturated heterocycles. The van der Waals surface area contributed by atoms with Crippen molar-refractivity contribution in [2.75, 3.05) is 19.5 Å². The summed E-state index contributed by atoms with van der Waals surface area (Å²) in [5.41, 5.74) is 3.07. The molecule has 2 N–H and O–H groups in total. The van der Waals surface area contributed by atoms with Crippen molar-refractivity contribution in [1.82, 2.24) is 9.88 Å². The van der Waals surface area contributed by atoms with Crippen LogP contribution in [-0.2, 0) is 19.4 Å². The fourth-order valence-corrected chi connectivity index (χ4v) is 5.39. The van der Waals surface area contributed by atoms with Crippen LogP contribution in [0, 0.1) is 0 Å². The largest absolute Gasteiger partial charge is 0.495 e. The number of halogens is 1. The number of thiophene rings is 1. The van der Waals surface area contributed by atoms with E-state index in [1.165, 1.54) is 48.1 Å². The molecule has 0 atom stereocenters. The Balaban J connectivity index is 1.52. The summed E-state index contributed by atoms with van der Waals surface area (Å²) in [6.45, 7) is 0.456. The van der Waals surface area contributed by atoms with E-state index in [-0.39, 0.29) is 6.03 Å². The predicted molar refractivity (Wildman–Crippen MR) is 121 cm³/mol. The average molecular weight is 446 g/mol.